The Morgan fingerprint density at radius 1 is 0.882 bits per heavy atom. The van der Waals surface area contributed by atoms with E-state index in [4.69, 9.17) is 16.6 Å². The first-order valence-electron chi connectivity index (χ1n) is 11.2. The first-order valence-corrected chi connectivity index (χ1v) is 13.0. The molecule has 0 aliphatic heterocycles. The zero-order chi connectivity index (χ0) is 24.3. The number of halogens is 1. The summed E-state index contributed by atoms with van der Waals surface area (Å²) in [6.45, 7) is 6.16. The van der Waals surface area contributed by atoms with Gasteiger partial charge in [-0.15, -0.1) is 0 Å². The summed E-state index contributed by atoms with van der Waals surface area (Å²) in [4.78, 5) is 9.38. The summed E-state index contributed by atoms with van der Waals surface area (Å²) >= 11 is 6.01. The summed E-state index contributed by atoms with van der Waals surface area (Å²) in [5.74, 6) is 0.438. The fraction of sp³-hybridized carbons (Fsp3) is 0.231. The van der Waals surface area contributed by atoms with Crippen molar-refractivity contribution in [3.8, 4) is 0 Å². The number of hydrogen-bond acceptors (Lipinski definition) is 5. The Hall–Kier alpha value is -3.16. The molecule has 1 heterocycles. The van der Waals surface area contributed by atoms with E-state index < -0.39 is 10.0 Å². The van der Waals surface area contributed by atoms with Crippen molar-refractivity contribution >= 4 is 50.0 Å². The maximum absolute atomic E-state index is 13.1. The lowest BCUT2D eigenvalue weighted by Gasteiger charge is -2.15. The molecule has 0 aliphatic carbocycles. The van der Waals surface area contributed by atoms with Crippen molar-refractivity contribution < 1.29 is 8.42 Å². The fourth-order valence-corrected chi connectivity index (χ4v) is 4.87. The molecule has 6 nitrogen and oxygen atoms in total. The summed E-state index contributed by atoms with van der Waals surface area (Å²) in [6.07, 6.45) is 3.30. The molecular weight excluding hydrogens is 468 g/mol. The number of benzene rings is 3. The van der Waals surface area contributed by atoms with E-state index in [1.54, 1.807) is 12.1 Å². The van der Waals surface area contributed by atoms with E-state index in [2.05, 4.69) is 34.1 Å². The first kappa shape index (κ1) is 24.0. The van der Waals surface area contributed by atoms with E-state index in [0.29, 0.717) is 21.9 Å². The molecule has 4 rings (SSSR count). The molecule has 0 unspecified atom stereocenters. The summed E-state index contributed by atoms with van der Waals surface area (Å²) in [6, 6.07) is 18.0. The molecule has 3 aromatic carbocycles. The van der Waals surface area contributed by atoms with Crippen molar-refractivity contribution in [1.29, 1.82) is 0 Å². The van der Waals surface area contributed by atoms with Crippen LogP contribution in [0.3, 0.4) is 0 Å². The van der Waals surface area contributed by atoms with Crippen molar-refractivity contribution in [2.45, 2.75) is 44.9 Å². The third-order valence-corrected chi connectivity index (χ3v) is 7.22. The monoisotopic (exact) mass is 494 g/mol. The number of nitrogens with zero attached hydrogens (tertiary/aromatic N) is 2. The number of unbranched alkanes of at least 4 members (excludes halogenated alkanes) is 1. The molecule has 0 saturated heterocycles. The van der Waals surface area contributed by atoms with Gasteiger partial charge >= 0.3 is 0 Å². The Kier molecular flexibility index (Phi) is 7.05. The summed E-state index contributed by atoms with van der Waals surface area (Å²) < 4.78 is 28.8. The Balaban J connectivity index is 1.74. The predicted molar refractivity (Wildman–Crippen MR) is 140 cm³/mol. The van der Waals surface area contributed by atoms with E-state index in [1.807, 2.05) is 38.1 Å². The van der Waals surface area contributed by atoms with E-state index >= 15 is 0 Å². The van der Waals surface area contributed by atoms with E-state index in [-0.39, 0.29) is 10.7 Å². The van der Waals surface area contributed by atoms with Crippen molar-refractivity contribution in [3.63, 3.8) is 0 Å². The van der Waals surface area contributed by atoms with Gasteiger partial charge in [-0.1, -0.05) is 43.1 Å². The summed E-state index contributed by atoms with van der Waals surface area (Å²) in [5.41, 5.74) is 5.46. The maximum Gasteiger partial charge on any atom is 0.263 e. The minimum absolute atomic E-state index is 0.0493. The van der Waals surface area contributed by atoms with Crippen molar-refractivity contribution in [1.82, 2.24) is 9.97 Å². The predicted octanol–water partition coefficient (Wildman–Crippen LogP) is 6.79. The SMILES string of the molecule is CCCCc1ccc(Nc2nc3cc(C)c(C)cc3nc2NS(=O)(=O)c2cccc(Cl)c2)cc1. The third-order valence-electron chi connectivity index (χ3n) is 5.65. The Morgan fingerprint density at radius 3 is 2.15 bits per heavy atom. The van der Waals surface area contributed by atoms with Gasteiger partial charge in [-0.25, -0.2) is 18.4 Å². The minimum Gasteiger partial charge on any atom is -0.337 e. The van der Waals surface area contributed by atoms with E-state index in [9.17, 15) is 8.42 Å². The molecule has 0 aliphatic rings. The van der Waals surface area contributed by atoms with Gasteiger partial charge in [0.15, 0.2) is 11.6 Å². The zero-order valence-corrected chi connectivity index (χ0v) is 21.0. The van der Waals surface area contributed by atoms with Crippen LogP contribution >= 0.6 is 11.6 Å². The highest BCUT2D eigenvalue weighted by atomic mass is 35.5. The van der Waals surface area contributed by atoms with Gasteiger partial charge in [0.05, 0.1) is 15.9 Å². The van der Waals surface area contributed by atoms with E-state index in [1.165, 1.54) is 17.7 Å². The van der Waals surface area contributed by atoms with Gasteiger partial charge < -0.3 is 5.32 Å². The minimum atomic E-state index is -3.93. The molecule has 0 saturated carbocycles. The van der Waals surface area contributed by atoms with Crippen LogP contribution < -0.4 is 10.0 Å². The quantitative estimate of drug-likeness (QED) is 0.282. The Labute approximate surface area is 205 Å². The van der Waals surface area contributed by atoms with Crippen molar-refractivity contribution in [2.75, 3.05) is 10.0 Å². The molecule has 176 valence electrons. The Bertz CT molecular complexity index is 1440. The molecule has 0 spiro atoms. The van der Waals surface area contributed by atoms with Crippen LogP contribution in [0.1, 0.15) is 36.5 Å². The average molecular weight is 495 g/mol. The number of sulfonamides is 1. The molecule has 2 N–H and O–H groups in total. The van der Waals surface area contributed by atoms with E-state index in [0.717, 1.165) is 36.1 Å². The number of aromatic nitrogens is 2. The standard InChI is InChI=1S/C26H27ClN4O2S/c1-4-5-7-19-10-12-21(13-11-19)28-25-26(30-24-15-18(3)17(2)14-23(24)29-25)31-34(32,33)22-9-6-8-20(27)16-22/h6,8-16H,4-5,7H2,1-3H3,(H,28,29)(H,30,31). The second-order valence-electron chi connectivity index (χ2n) is 8.33. The molecule has 0 amide bonds. The lowest BCUT2D eigenvalue weighted by Crippen LogP contribution is -2.16. The molecule has 4 aromatic rings. The summed E-state index contributed by atoms with van der Waals surface area (Å²) in [5, 5.41) is 3.57. The normalized spacial score (nSPS) is 11.5. The molecule has 34 heavy (non-hydrogen) atoms. The molecule has 0 radical (unpaired) electrons. The largest absolute Gasteiger partial charge is 0.337 e. The second-order valence-corrected chi connectivity index (χ2v) is 10.5. The molecule has 1 aromatic heterocycles. The topological polar surface area (TPSA) is 84.0 Å². The van der Waals surface area contributed by atoms with Crippen LogP contribution in [0, 0.1) is 13.8 Å². The maximum atomic E-state index is 13.1. The van der Waals surface area contributed by atoms with Gasteiger partial charge in [0.2, 0.25) is 0 Å². The number of aryl methyl sites for hydroxylation is 3. The summed E-state index contributed by atoms with van der Waals surface area (Å²) in [7, 11) is -3.93. The van der Waals surface area contributed by atoms with Gasteiger partial charge in [-0.2, -0.15) is 0 Å². The average Bonchev–Trinajstić information content (AvgIpc) is 2.80. The zero-order valence-electron chi connectivity index (χ0n) is 19.4. The highest BCUT2D eigenvalue weighted by molar-refractivity contribution is 7.92. The van der Waals surface area contributed by atoms with Crippen molar-refractivity contribution in [3.05, 3.63) is 82.4 Å². The number of anilines is 3. The number of hydrogen-bond donors (Lipinski definition) is 2. The smallest absolute Gasteiger partial charge is 0.263 e. The lowest BCUT2D eigenvalue weighted by atomic mass is 10.1. The van der Waals surface area contributed by atoms with Gasteiger partial charge in [0, 0.05) is 10.7 Å². The highest BCUT2D eigenvalue weighted by Crippen LogP contribution is 2.29. The van der Waals surface area contributed by atoms with Crippen LogP contribution in [0.4, 0.5) is 17.3 Å². The van der Waals surface area contributed by atoms with Gasteiger partial charge in [0.25, 0.3) is 10.0 Å². The Morgan fingerprint density at radius 2 is 1.53 bits per heavy atom. The lowest BCUT2D eigenvalue weighted by molar-refractivity contribution is 0.601. The molecule has 0 bridgehead atoms. The molecular formula is C26H27ClN4O2S. The van der Waals surface area contributed by atoms with Gasteiger partial charge in [0.1, 0.15) is 0 Å². The van der Waals surface area contributed by atoms with Gasteiger partial charge in [-0.3, -0.25) is 4.72 Å². The molecule has 0 fully saturated rings. The highest BCUT2D eigenvalue weighted by Gasteiger charge is 2.20. The van der Waals surface area contributed by atoms with Crippen LogP contribution in [0.15, 0.2) is 65.6 Å². The van der Waals surface area contributed by atoms with Gasteiger partial charge in [-0.05, 0) is 85.8 Å². The van der Waals surface area contributed by atoms with Crippen LogP contribution in [-0.4, -0.2) is 18.4 Å². The first-order chi connectivity index (χ1) is 16.2. The second kappa shape index (κ2) is 9.99. The molecule has 8 heteroatoms. The number of fused-ring (bicyclic) bond motifs is 1. The number of nitrogens with one attached hydrogen (secondary N) is 2. The third kappa shape index (κ3) is 5.48. The van der Waals surface area contributed by atoms with Crippen LogP contribution in [0.2, 0.25) is 5.02 Å². The molecule has 0 atom stereocenters. The van der Waals surface area contributed by atoms with Crippen molar-refractivity contribution in [2.24, 2.45) is 0 Å². The number of rotatable bonds is 8. The van der Waals surface area contributed by atoms with Crippen LogP contribution in [0.5, 0.6) is 0 Å². The fourth-order valence-electron chi connectivity index (χ4n) is 3.56. The van der Waals surface area contributed by atoms with Crippen LogP contribution in [-0.2, 0) is 16.4 Å². The van der Waals surface area contributed by atoms with Crippen LogP contribution in [0.25, 0.3) is 11.0 Å².